The molecule has 2 N–H and O–H groups in total. The summed E-state index contributed by atoms with van der Waals surface area (Å²) in [4.78, 5) is 24.2. The molecule has 0 aromatic carbocycles. The van der Waals surface area contributed by atoms with E-state index in [9.17, 15) is 9.59 Å². The van der Waals surface area contributed by atoms with Crippen molar-refractivity contribution in [1.29, 1.82) is 0 Å². The summed E-state index contributed by atoms with van der Waals surface area (Å²) in [6.45, 7) is 4.80. The quantitative estimate of drug-likeness (QED) is 0.640. The van der Waals surface area contributed by atoms with Gasteiger partial charge in [-0.1, -0.05) is 12.8 Å². The van der Waals surface area contributed by atoms with E-state index in [1.807, 2.05) is 11.8 Å². The first-order valence-corrected chi connectivity index (χ1v) is 7.99. The summed E-state index contributed by atoms with van der Waals surface area (Å²) >= 11 is 0. The van der Waals surface area contributed by atoms with Crippen LogP contribution >= 0.6 is 0 Å². The zero-order valence-electron chi connectivity index (χ0n) is 13.0. The number of nitrogens with zero attached hydrogens (tertiary/aromatic N) is 1. The van der Waals surface area contributed by atoms with Crippen LogP contribution in [0.1, 0.15) is 51.9 Å². The van der Waals surface area contributed by atoms with Crippen LogP contribution in [-0.4, -0.2) is 54.4 Å². The number of rotatable bonds is 9. The summed E-state index contributed by atoms with van der Waals surface area (Å²) in [5, 5.41) is 11.4. The zero-order valence-corrected chi connectivity index (χ0v) is 13.0. The molecule has 1 heterocycles. The van der Waals surface area contributed by atoms with E-state index in [1.54, 1.807) is 0 Å². The number of carboxylic acids is 1. The largest absolute Gasteiger partial charge is 0.481 e. The number of unbranched alkanes of at least 4 members (excludes halogenated alkanes) is 3. The Balaban J connectivity index is 2.06. The Labute approximate surface area is 126 Å². The van der Waals surface area contributed by atoms with E-state index >= 15 is 0 Å². The highest BCUT2D eigenvalue weighted by Gasteiger charge is 2.23. The topological polar surface area (TPSA) is 78.9 Å². The van der Waals surface area contributed by atoms with Crippen LogP contribution in [0, 0.1) is 0 Å². The first kappa shape index (κ1) is 17.8. The first-order valence-electron chi connectivity index (χ1n) is 7.99. The van der Waals surface area contributed by atoms with Gasteiger partial charge in [-0.05, 0) is 32.6 Å². The average molecular weight is 300 g/mol. The Hall–Kier alpha value is -1.30. The molecule has 2 amide bonds. The maximum Gasteiger partial charge on any atom is 0.317 e. The predicted molar refractivity (Wildman–Crippen MR) is 80.3 cm³/mol. The highest BCUT2D eigenvalue weighted by molar-refractivity contribution is 5.74. The maximum atomic E-state index is 12.0. The van der Waals surface area contributed by atoms with Gasteiger partial charge in [0.05, 0.1) is 6.10 Å². The number of aliphatic carboxylic acids is 1. The highest BCUT2D eigenvalue weighted by atomic mass is 16.5. The smallest absolute Gasteiger partial charge is 0.317 e. The van der Waals surface area contributed by atoms with Crippen molar-refractivity contribution >= 4 is 12.0 Å². The predicted octanol–water partition coefficient (Wildman–Crippen LogP) is 2.23. The summed E-state index contributed by atoms with van der Waals surface area (Å²) in [6.07, 6.45) is 5.89. The number of hydrogen-bond acceptors (Lipinski definition) is 3. The van der Waals surface area contributed by atoms with Gasteiger partial charge in [-0.15, -0.1) is 0 Å². The van der Waals surface area contributed by atoms with E-state index in [0.29, 0.717) is 26.1 Å². The Bertz CT molecular complexity index is 321. The van der Waals surface area contributed by atoms with Crippen LogP contribution in [0.3, 0.4) is 0 Å². The number of amides is 2. The molecule has 1 fully saturated rings. The number of nitrogens with one attached hydrogen (secondary N) is 1. The molecule has 122 valence electrons. The Kier molecular flexibility index (Phi) is 8.82. The second-order valence-corrected chi connectivity index (χ2v) is 5.46. The Morgan fingerprint density at radius 1 is 1.29 bits per heavy atom. The van der Waals surface area contributed by atoms with Gasteiger partial charge in [0.2, 0.25) is 0 Å². The summed E-state index contributed by atoms with van der Waals surface area (Å²) < 4.78 is 5.58. The van der Waals surface area contributed by atoms with Crippen LogP contribution in [0.5, 0.6) is 0 Å². The summed E-state index contributed by atoms with van der Waals surface area (Å²) in [7, 11) is 0. The van der Waals surface area contributed by atoms with Crippen LogP contribution in [0.2, 0.25) is 0 Å². The molecule has 6 heteroatoms. The van der Waals surface area contributed by atoms with Crippen LogP contribution < -0.4 is 5.32 Å². The lowest BCUT2D eigenvalue weighted by Gasteiger charge is -2.32. The Morgan fingerprint density at radius 2 is 2.05 bits per heavy atom. The lowest BCUT2D eigenvalue weighted by atomic mass is 10.1. The van der Waals surface area contributed by atoms with Gasteiger partial charge in [0.25, 0.3) is 0 Å². The molecular weight excluding hydrogens is 272 g/mol. The van der Waals surface area contributed by atoms with Crippen molar-refractivity contribution in [3.63, 3.8) is 0 Å². The van der Waals surface area contributed by atoms with Crippen LogP contribution in [-0.2, 0) is 9.53 Å². The second-order valence-electron chi connectivity index (χ2n) is 5.46. The molecule has 1 aliphatic rings. The standard InChI is InChI=1S/C15H28N2O4/c1-2-21-13-8-7-11-17(12-13)15(20)16-10-6-4-3-5-9-14(18)19/h13H,2-12H2,1H3,(H,16,20)(H,18,19). The number of piperidine rings is 1. The summed E-state index contributed by atoms with van der Waals surface area (Å²) in [5.74, 6) is -0.739. The van der Waals surface area contributed by atoms with Crippen LogP contribution in [0.4, 0.5) is 4.79 Å². The fourth-order valence-electron chi connectivity index (χ4n) is 2.56. The minimum absolute atomic E-state index is 0.00932. The van der Waals surface area contributed by atoms with Crippen LogP contribution in [0.15, 0.2) is 0 Å². The van der Waals surface area contributed by atoms with E-state index in [0.717, 1.165) is 38.6 Å². The van der Waals surface area contributed by atoms with Crippen molar-refractivity contribution in [2.75, 3.05) is 26.2 Å². The third-order valence-corrected chi connectivity index (χ3v) is 3.66. The molecule has 0 bridgehead atoms. The van der Waals surface area contributed by atoms with Crippen LogP contribution in [0.25, 0.3) is 0 Å². The van der Waals surface area contributed by atoms with E-state index in [-0.39, 0.29) is 18.6 Å². The van der Waals surface area contributed by atoms with Crippen molar-refractivity contribution in [2.45, 2.75) is 58.0 Å². The van der Waals surface area contributed by atoms with Gasteiger partial charge in [-0.25, -0.2) is 4.79 Å². The molecule has 1 unspecified atom stereocenters. The molecule has 0 aromatic rings. The average Bonchev–Trinajstić information content (AvgIpc) is 2.46. The molecule has 1 rings (SSSR count). The number of urea groups is 1. The number of carbonyl (C=O) groups is 2. The van der Waals surface area contributed by atoms with Gasteiger partial charge >= 0.3 is 12.0 Å². The molecule has 1 aliphatic heterocycles. The highest BCUT2D eigenvalue weighted by Crippen LogP contribution is 2.13. The fraction of sp³-hybridized carbons (Fsp3) is 0.867. The third kappa shape index (κ3) is 7.90. The van der Waals surface area contributed by atoms with Crippen molar-refractivity contribution < 1.29 is 19.4 Å². The molecule has 0 aliphatic carbocycles. The van der Waals surface area contributed by atoms with E-state index < -0.39 is 5.97 Å². The number of ether oxygens (including phenoxy) is 1. The fourth-order valence-corrected chi connectivity index (χ4v) is 2.56. The second kappa shape index (κ2) is 10.4. The van der Waals surface area contributed by atoms with Gasteiger partial charge in [-0.3, -0.25) is 4.79 Å². The third-order valence-electron chi connectivity index (χ3n) is 3.66. The molecule has 21 heavy (non-hydrogen) atoms. The lowest BCUT2D eigenvalue weighted by molar-refractivity contribution is -0.137. The zero-order chi connectivity index (χ0) is 15.5. The normalized spacial score (nSPS) is 18.5. The van der Waals surface area contributed by atoms with E-state index in [1.165, 1.54) is 0 Å². The molecule has 0 aromatic heterocycles. The van der Waals surface area contributed by atoms with Crippen molar-refractivity contribution in [2.24, 2.45) is 0 Å². The minimum atomic E-state index is -0.739. The maximum absolute atomic E-state index is 12.0. The van der Waals surface area contributed by atoms with Gasteiger partial charge in [0.1, 0.15) is 0 Å². The van der Waals surface area contributed by atoms with Gasteiger partial charge in [-0.2, -0.15) is 0 Å². The van der Waals surface area contributed by atoms with Crippen molar-refractivity contribution in [3.05, 3.63) is 0 Å². The lowest BCUT2D eigenvalue weighted by Crippen LogP contribution is -2.47. The SMILES string of the molecule is CCOC1CCCN(C(=O)NCCCCCCC(=O)O)C1. The van der Waals surface area contributed by atoms with Gasteiger partial charge in [0.15, 0.2) is 0 Å². The summed E-state index contributed by atoms with van der Waals surface area (Å²) in [6, 6.07) is -0.00932. The molecular formula is C15H28N2O4. The van der Waals surface area contributed by atoms with Crippen molar-refractivity contribution in [1.82, 2.24) is 10.2 Å². The molecule has 0 saturated carbocycles. The van der Waals surface area contributed by atoms with E-state index in [2.05, 4.69) is 5.32 Å². The minimum Gasteiger partial charge on any atom is -0.481 e. The van der Waals surface area contributed by atoms with Crippen molar-refractivity contribution in [3.8, 4) is 0 Å². The summed E-state index contributed by atoms with van der Waals surface area (Å²) in [5.41, 5.74) is 0. The molecule has 0 spiro atoms. The number of likely N-dealkylation sites (tertiary alicyclic amines) is 1. The number of carboxylic acid groups (broad SMARTS) is 1. The van der Waals surface area contributed by atoms with Gasteiger partial charge in [0, 0.05) is 32.7 Å². The molecule has 1 atom stereocenters. The first-order chi connectivity index (χ1) is 10.1. The Morgan fingerprint density at radius 3 is 2.76 bits per heavy atom. The van der Waals surface area contributed by atoms with E-state index in [4.69, 9.17) is 9.84 Å². The number of carbonyl (C=O) groups excluding carboxylic acids is 1. The monoisotopic (exact) mass is 300 g/mol. The van der Waals surface area contributed by atoms with Gasteiger partial charge < -0.3 is 20.1 Å². The number of hydrogen-bond donors (Lipinski definition) is 2. The molecule has 0 radical (unpaired) electrons. The molecule has 1 saturated heterocycles. The molecule has 6 nitrogen and oxygen atoms in total.